The Hall–Kier alpha value is 0. The minimum Gasteiger partial charge on any atom is -0.0533 e. The average Bonchev–Trinajstić information content (AvgIpc) is 3.14. The van der Waals surface area contributed by atoms with Crippen molar-refractivity contribution >= 4 is 0 Å². The van der Waals surface area contributed by atoms with Gasteiger partial charge in [0.05, 0.1) is 0 Å². The van der Waals surface area contributed by atoms with Crippen molar-refractivity contribution in [3.8, 4) is 0 Å². The Morgan fingerprint density at radius 3 is 1.05 bits per heavy atom. The summed E-state index contributed by atoms with van der Waals surface area (Å²) in [5.74, 6) is 6.95. The summed E-state index contributed by atoms with van der Waals surface area (Å²) in [4.78, 5) is 0. The molecule has 0 aliphatic heterocycles. The monoisotopic (exact) mass is 274 g/mol. The first kappa shape index (κ1) is 13.6. The van der Waals surface area contributed by atoms with Crippen molar-refractivity contribution in [3.63, 3.8) is 0 Å². The summed E-state index contributed by atoms with van der Waals surface area (Å²) in [6.45, 7) is 0. The van der Waals surface area contributed by atoms with Gasteiger partial charge in [-0.1, -0.05) is 77.0 Å². The van der Waals surface area contributed by atoms with Crippen LogP contribution in [0, 0.1) is 35.5 Å². The van der Waals surface area contributed by atoms with E-state index in [1.165, 1.54) is 18.3 Å². The molecule has 0 heteroatoms. The van der Waals surface area contributed by atoms with E-state index in [2.05, 4.69) is 0 Å². The van der Waals surface area contributed by atoms with E-state index in [1.54, 1.807) is 83.5 Å². The van der Waals surface area contributed by atoms with Gasteiger partial charge in [0.25, 0.3) is 0 Å². The van der Waals surface area contributed by atoms with Crippen LogP contribution in [0.15, 0.2) is 0 Å². The Labute approximate surface area is 126 Å². The smallest absolute Gasteiger partial charge is 0.0324 e. The third kappa shape index (κ3) is 2.69. The zero-order valence-electron chi connectivity index (χ0n) is 13.4. The second-order valence-corrected chi connectivity index (χ2v) is 8.63. The average molecular weight is 274 g/mol. The molecule has 0 amide bonds. The lowest BCUT2D eigenvalue weighted by Crippen LogP contribution is -2.38. The normalized spacial score (nSPS) is 33.0. The molecule has 4 aliphatic carbocycles. The molecule has 4 fully saturated rings. The SMILES string of the molecule is C1CCC(C(C2CCCC2)C(C2CCC2)C2CC2)CC1. The summed E-state index contributed by atoms with van der Waals surface area (Å²) in [6.07, 6.45) is 22.0. The molecule has 20 heavy (non-hydrogen) atoms. The van der Waals surface area contributed by atoms with Gasteiger partial charge < -0.3 is 0 Å². The van der Waals surface area contributed by atoms with E-state index in [4.69, 9.17) is 0 Å². The first-order chi connectivity index (χ1) is 9.93. The summed E-state index contributed by atoms with van der Waals surface area (Å²) in [5.41, 5.74) is 0. The van der Waals surface area contributed by atoms with Crippen molar-refractivity contribution in [3.05, 3.63) is 0 Å². The highest BCUT2D eigenvalue weighted by atomic mass is 14.5. The molecule has 0 aromatic carbocycles. The lowest BCUT2D eigenvalue weighted by atomic mass is 9.59. The summed E-state index contributed by atoms with van der Waals surface area (Å²) in [5, 5.41) is 0. The maximum absolute atomic E-state index is 1.59. The third-order valence-corrected chi connectivity index (χ3v) is 7.44. The fourth-order valence-electron chi connectivity index (χ4n) is 6.19. The molecule has 0 N–H and O–H groups in total. The van der Waals surface area contributed by atoms with E-state index in [9.17, 15) is 0 Å². The largest absolute Gasteiger partial charge is 0.0533 e. The fraction of sp³-hybridized carbons (Fsp3) is 1.00. The molecule has 2 atom stereocenters. The maximum Gasteiger partial charge on any atom is -0.0324 e. The number of rotatable bonds is 5. The van der Waals surface area contributed by atoms with Crippen LogP contribution in [0.2, 0.25) is 0 Å². The van der Waals surface area contributed by atoms with Gasteiger partial charge in [0.15, 0.2) is 0 Å². The predicted molar refractivity (Wildman–Crippen MR) is 85.6 cm³/mol. The zero-order valence-corrected chi connectivity index (χ0v) is 13.4. The second kappa shape index (κ2) is 6.01. The molecule has 4 saturated carbocycles. The third-order valence-electron chi connectivity index (χ3n) is 7.44. The van der Waals surface area contributed by atoms with E-state index in [0.717, 1.165) is 23.7 Å². The molecule has 0 bridgehead atoms. The molecular weight excluding hydrogens is 240 g/mol. The van der Waals surface area contributed by atoms with Gasteiger partial charge in [-0.3, -0.25) is 0 Å². The quantitative estimate of drug-likeness (QED) is 0.560. The zero-order chi connectivity index (χ0) is 13.4. The molecule has 2 unspecified atom stereocenters. The lowest BCUT2D eigenvalue weighted by molar-refractivity contribution is 0.0322. The molecular formula is C20H34. The standard InChI is InChI=1S/C20H34/c1-2-7-15(8-3-1)19(16-9-4-5-10-16)20(18-13-14-18)17-11-6-12-17/h15-20H,1-14H2. The molecule has 4 rings (SSSR count). The molecule has 4 aliphatic rings. The van der Waals surface area contributed by atoms with Crippen LogP contribution in [-0.2, 0) is 0 Å². The van der Waals surface area contributed by atoms with Gasteiger partial charge in [-0.15, -0.1) is 0 Å². The molecule has 0 spiro atoms. The van der Waals surface area contributed by atoms with E-state index in [1.807, 2.05) is 0 Å². The van der Waals surface area contributed by atoms with Crippen molar-refractivity contribution in [2.24, 2.45) is 35.5 Å². The first-order valence-corrected chi connectivity index (χ1v) is 9.93. The van der Waals surface area contributed by atoms with Crippen LogP contribution in [0.25, 0.3) is 0 Å². The van der Waals surface area contributed by atoms with Gasteiger partial charge in [0.1, 0.15) is 0 Å². The summed E-state index contributed by atoms with van der Waals surface area (Å²) >= 11 is 0. The topological polar surface area (TPSA) is 0 Å². The van der Waals surface area contributed by atoms with Gasteiger partial charge in [-0.25, -0.2) is 0 Å². The van der Waals surface area contributed by atoms with E-state index >= 15 is 0 Å². The Balaban J connectivity index is 1.54. The highest BCUT2D eigenvalue weighted by Crippen LogP contribution is 2.57. The van der Waals surface area contributed by atoms with Crippen LogP contribution < -0.4 is 0 Å². The summed E-state index contributed by atoms with van der Waals surface area (Å²) in [6, 6.07) is 0. The second-order valence-electron chi connectivity index (χ2n) is 8.63. The van der Waals surface area contributed by atoms with Crippen molar-refractivity contribution in [1.29, 1.82) is 0 Å². The predicted octanol–water partition coefficient (Wildman–Crippen LogP) is 6.20. The first-order valence-electron chi connectivity index (χ1n) is 9.93. The van der Waals surface area contributed by atoms with Gasteiger partial charge in [0, 0.05) is 0 Å². The van der Waals surface area contributed by atoms with Gasteiger partial charge in [0.2, 0.25) is 0 Å². The van der Waals surface area contributed by atoms with Crippen LogP contribution in [-0.4, -0.2) is 0 Å². The number of hydrogen-bond donors (Lipinski definition) is 0. The molecule has 0 saturated heterocycles. The van der Waals surface area contributed by atoms with Crippen LogP contribution in [0.5, 0.6) is 0 Å². The Kier molecular flexibility index (Phi) is 4.10. The Morgan fingerprint density at radius 1 is 0.350 bits per heavy atom. The minimum atomic E-state index is 1.14. The van der Waals surface area contributed by atoms with Crippen molar-refractivity contribution in [1.82, 2.24) is 0 Å². The Bertz CT molecular complexity index is 300. The highest BCUT2D eigenvalue weighted by molar-refractivity contribution is 4.97. The van der Waals surface area contributed by atoms with Crippen LogP contribution in [0.3, 0.4) is 0 Å². The lowest BCUT2D eigenvalue weighted by Gasteiger charge is -2.46. The minimum absolute atomic E-state index is 1.14. The van der Waals surface area contributed by atoms with Crippen LogP contribution >= 0.6 is 0 Å². The maximum atomic E-state index is 1.59. The van der Waals surface area contributed by atoms with Crippen LogP contribution in [0.4, 0.5) is 0 Å². The molecule has 0 aromatic heterocycles. The van der Waals surface area contributed by atoms with Gasteiger partial charge >= 0.3 is 0 Å². The highest BCUT2D eigenvalue weighted by Gasteiger charge is 2.48. The van der Waals surface area contributed by atoms with Gasteiger partial charge in [-0.05, 0) is 48.3 Å². The van der Waals surface area contributed by atoms with E-state index in [0.29, 0.717) is 0 Å². The molecule has 0 heterocycles. The molecule has 0 radical (unpaired) electrons. The molecule has 0 aromatic rings. The fourth-order valence-corrected chi connectivity index (χ4v) is 6.19. The van der Waals surface area contributed by atoms with Crippen molar-refractivity contribution in [2.75, 3.05) is 0 Å². The summed E-state index contributed by atoms with van der Waals surface area (Å²) in [7, 11) is 0. The van der Waals surface area contributed by atoms with Gasteiger partial charge in [-0.2, -0.15) is 0 Å². The van der Waals surface area contributed by atoms with E-state index < -0.39 is 0 Å². The van der Waals surface area contributed by atoms with Crippen molar-refractivity contribution < 1.29 is 0 Å². The number of hydrogen-bond acceptors (Lipinski definition) is 0. The summed E-state index contributed by atoms with van der Waals surface area (Å²) < 4.78 is 0. The Morgan fingerprint density at radius 2 is 0.700 bits per heavy atom. The molecule has 0 nitrogen and oxygen atoms in total. The molecule has 114 valence electrons. The van der Waals surface area contributed by atoms with Crippen molar-refractivity contribution in [2.45, 2.75) is 89.9 Å². The van der Waals surface area contributed by atoms with E-state index in [-0.39, 0.29) is 0 Å². The van der Waals surface area contributed by atoms with Crippen LogP contribution in [0.1, 0.15) is 89.9 Å².